The summed E-state index contributed by atoms with van der Waals surface area (Å²) in [6.07, 6.45) is 4.29. The molecule has 2 N–H and O–H groups in total. The molecule has 0 saturated heterocycles. The number of hydrogen-bond donors (Lipinski definition) is 1. The van der Waals surface area contributed by atoms with Crippen molar-refractivity contribution in [1.29, 1.82) is 0 Å². The second kappa shape index (κ2) is 6.28. The van der Waals surface area contributed by atoms with Crippen molar-refractivity contribution in [3.63, 3.8) is 0 Å². The standard InChI is InChI=1S/C20H17F3N2O2S/c21-20(22,23)15-5-2-13(3-6-15)16-10-19(8-1-9-19)11-17(16)14-4-7-18(25-12-14)28(24,26)27/h2-7,10-12H,1,8-9H2,(H2,24,26,27). The molecule has 8 heteroatoms. The molecule has 2 aliphatic rings. The largest absolute Gasteiger partial charge is 0.416 e. The number of benzene rings is 1. The number of primary sulfonamides is 1. The fraction of sp³-hybridized carbons (Fsp3) is 0.250. The Morgan fingerprint density at radius 1 is 0.929 bits per heavy atom. The maximum atomic E-state index is 12.9. The maximum Gasteiger partial charge on any atom is 0.416 e. The van der Waals surface area contributed by atoms with E-state index < -0.39 is 21.8 Å². The minimum atomic E-state index is -4.39. The summed E-state index contributed by atoms with van der Waals surface area (Å²) in [6.45, 7) is 0. The summed E-state index contributed by atoms with van der Waals surface area (Å²) in [5.74, 6) is 0. The molecular formula is C20H17F3N2O2S. The average Bonchev–Trinajstić information content (AvgIpc) is 3.02. The first kappa shape index (κ1) is 18.9. The van der Waals surface area contributed by atoms with E-state index in [1.807, 2.05) is 0 Å². The first-order valence-corrected chi connectivity index (χ1v) is 10.3. The number of alkyl halides is 3. The number of halogens is 3. The third kappa shape index (κ3) is 3.38. The van der Waals surface area contributed by atoms with Crippen LogP contribution in [-0.4, -0.2) is 13.4 Å². The second-order valence-corrected chi connectivity index (χ2v) is 8.72. The van der Waals surface area contributed by atoms with E-state index in [0.717, 1.165) is 42.5 Å². The number of nitrogens with two attached hydrogens (primary N) is 1. The molecule has 0 atom stereocenters. The van der Waals surface area contributed by atoms with Crippen LogP contribution in [0.3, 0.4) is 0 Å². The second-order valence-electron chi connectivity index (χ2n) is 7.21. The van der Waals surface area contributed by atoms with Crippen molar-refractivity contribution in [3.05, 3.63) is 71.4 Å². The van der Waals surface area contributed by atoms with Crippen LogP contribution < -0.4 is 5.14 Å². The number of aromatic nitrogens is 1. The van der Waals surface area contributed by atoms with Gasteiger partial charge in [0.25, 0.3) is 10.0 Å². The lowest BCUT2D eigenvalue weighted by Crippen LogP contribution is -2.22. The molecule has 2 aromatic rings. The van der Waals surface area contributed by atoms with E-state index in [9.17, 15) is 21.6 Å². The van der Waals surface area contributed by atoms with Gasteiger partial charge in [0, 0.05) is 17.2 Å². The predicted octanol–water partition coefficient (Wildman–Crippen LogP) is 4.40. The normalized spacial score (nSPS) is 18.6. The van der Waals surface area contributed by atoms with Crippen molar-refractivity contribution < 1.29 is 21.6 Å². The minimum absolute atomic E-state index is 0.0913. The van der Waals surface area contributed by atoms with Crippen LogP contribution in [0.25, 0.3) is 11.1 Å². The SMILES string of the molecule is NS(=O)(=O)c1ccc(C2=CC3(C=C2c2ccc(C(F)(F)F)cc2)CCC3)cn1. The van der Waals surface area contributed by atoms with Crippen molar-refractivity contribution in [2.45, 2.75) is 30.5 Å². The number of hydrogen-bond acceptors (Lipinski definition) is 3. The lowest BCUT2D eigenvalue weighted by molar-refractivity contribution is -0.137. The first-order valence-electron chi connectivity index (χ1n) is 8.70. The smallest absolute Gasteiger partial charge is 0.243 e. The van der Waals surface area contributed by atoms with Gasteiger partial charge in [-0.2, -0.15) is 13.2 Å². The monoisotopic (exact) mass is 406 g/mol. The van der Waals surface area contributed by atoms with Gasteiger partial charge in [0.1, 0.15) is 0 Å². The Hall–Kier alpha value is -2.45. The molecule has 0 aliphatic heterocycles. The van der Waals surface area contributed by atoms with Gasteiger partial charge in [-0.25, -0.2) is 18.5 Å². The van der Waals surface area contributed by atoms with Crippen LogP contribution in [0.4, 0.5) is 13.2 Å². The molecular weight excluding hydrogens is 389 g/mol. The molecule has 0 bridgehead atoms. The van der Waals surface area contributed by atoms with Crippen LogP contribution in [-0.2, 0) is 16.2 Å². The topological polar surface area (TPSA) is 73.1 Å². The van der Waals surface area contributed by atoms with E-state index in [1.54, 1.807) is 6.07 Å². The van der Waals surface area contributed by atoms with Crippen molar-refractivity contribution in [2.75, 3.05) is 0 Å². The number of nitrogens with zero attached hydrogens (tertiary/aromatic N) is 1. The molecule has 1 spiro atoms. The summed E-state index contributed by atoms with van der Waals surface area (Å²) >= 11 is 0. The highest BCUT2D eigenvalue weighted by atomic mass is 32.2. The van der Waals surface area contributed by atoms with E-state index in [0.29, 0.717) is 11.1 Å². The molecule has 2 aliphatic carbocycles. The summed E-state index contributed by atoms with van der Waals surface area (Å²) in [6, 6.07) is 8.03. The van der Waals surface area contributed by atoms with Gasteiger partial charge in [-0.1, -0.05) is 30.7 Å². The molecule has 146 valence electrons. The Balaban J connectivity index is 1.74. The van der Waals surface area contributed by atoms with Gasteiger partial charge in [0.15, 0.2) is 5.03 Å². The zero-order valence-corrected chi connectivity index (χ0v) is 15.5. The van der Waals surface area contributed by atoms with Gasteiger partial charge >= 0.3 is 6.18 Å². The Morgan fingerprint density at radius 2 is 1.50 bits per heavy atom. The summed E-state index contributed by atoms with van der Waals surface area (Å²) in [7, 11) is -3.90. The van der Waals surface area contributed by atoms with Crippen molar-refractivity contribution in [2.24, 2.45) is 10.6 Å². The van der Waals surface area contributed by atoms with Crippen LogP contribution in [0.15, 0.2) is 59.8 Å². The fourth-order valence-corrected chi connectivity index (χ4v) is 4.13. The van der Waals surface area contributed by atoms with Gasteiger partial charge in [0.05, 0.1) is 5.56 Å². The summed E-state index contributed by atoms with van der Waals surface area (Å²) in [4.78, 5) is 3.93. The first-order chi connectivity index (χ1) is 13.1. The Bertz CT molecular complexity index is 1080. The van der Waals surface area contributed by atoms with E-state index in [-0.39, 0.29) is 10.4 Å². The highest BCUT2D eigenvalue weighted by Crippen LogP contribution is 2.54. The molecule has 1 heterocycles. The lowest BCUT2D eigenvalue weighted by atomic mass is 9.70. The molecule has 1 aromatic carbocycles. The van der Waals surface area contributed by atoms with Gasteiger partial charge in [0.2, 0.25) is 0 Å². The summed E-state index contributed by atoms with van der Waals surface area (Å²) in [5.41, 5.74) is 2.26. The van der Waals surface area contributed by atoms with Crippen molar-refractivity contribution in [3.8, 4) is 0 Å². The van der Waals surface area contributed by atoms with E-state index in [1.165, 1.54) is 24.4 Å². The minimum Gasteiger partial charge on any atom is -0.243 e. The quantitative estimate of drug-likeness (QED) is 0.821. The molecule has 0 unspecified atom stereocenters. The van der Waals surface area contributed by atoms with Gasteiger partial charge in [-0.15, -0.1) is 0 Å². The Labute approximate surface area is 160 Å². The van der Waals surface area contributed by atoms with Crippen LogP contribution in [0, 0.1) is 5.41 Å². The van der Waals surface area contributed by atoms with Crippen LogP contribution in [0.2, 0.25) is 0 Å². The highest BCUT2D eigenvalue weighted by Gasteiger charge is 2.38. The Kier molecular flexibility index (Phi) is 4.24. The molecule has 0 amide bonds. The van der Waals surface area contributed by atoms with Gasteiger partial charge < -0.3 is 0 Å². The highest BCUT2D eigenvalue weighted by molar-refractivity contribution is 7.89. The summed E-state index contributed by atoms with van der Waals surface area (Å²) < 4.78 is 61.4. The van der Waals surface area contributed by atoms with Crippen molar-refractivity contribution >= 4 is 21.2 Å². The molecule has 0 radical (unpaired) electrons. The zero-order chi connectivity index (χ0) is 20.2. The molecule has 1 fully saturated rings. The third-order valence-electron chi connectivity index (χ3n) is 5.30. The number of pyridine rings is 1. The number of rotatable bonds is 3. The van der Waals surface area contributed by atoms with Gasteiger partial charge in [-0.3, -0.25) is 0 Å². The molecule has 4 rings (SSSR count). The van der Waals surface area contributed by atoms with Crippen LogP contribution in [0.1, 0.15) is 36.0 Å². The molecule has 4 nitrogen and oxygen atoms in total. The molecule has 1 saturated carbocycles. The van der Waals surface area contributed by atoms with Crippen LogP contribution in [0.5, 0.6) is 0 Å². The molecule has 28 heavy (non-hydrogen) atoms. The van der Waals surface area contributed by atoms with E-state index in [4.69, 9.17) is 5.14 Å². The third-order valence-corrected chi connectivity index (χ3v) is 6.12. The van der Waals surface area contributed by atoms with Crippen LogP contribution >= 0.6 is 0 Å². The fourth-order valence-electron chi connectivity index (χ4n) is 3.67. The predicted molar refractivity (Wildman–Crippen MR) is 99.3 cm³/mol. The Morgan fingerprint density at radius 3 is 1.93 bits per heavy atom. The van der Waals surface area contributed by atoms with E-state index in [2.05, 4.69) is 17.1 Å². The average molecular weight is 406 g/mol. The number of allylic oxidation sites excluding steroid dienone is 4. The van der Waals surface area contributed by atoms with E-state index >= 15 is 0 Å². The lowest BCUT2D eigenvalue weighted by Gasteiger charge is -2.34. The summed E-state index contributed by atoms with van der Waals surface area (Å²) in [5, 5.41) is 4.87. The van der Waals surface area contributed by atoms with Crippen molar-refractivity contribution in [1.82, 2.24) is 4.98 Å². The number of sulfonamides is 1. The maximum absolute atomic E-state index is 12.9. The van der Waals surface area contributed by atoms with Gasteiger partial charge in [-0.05, 0) is 53.8 Å². The zero-order valence-electron chi connectivity index (χ0n) is 14.7. The molecule has 1 aromatic heterocycles.